The molecule has 0 fully saturated rings. The maximum absolute atomic E-state index is 3.74. The summed E-state index contributed by atoms with van der Waals surface area (Å²) in [5.41, 5.74) is 1.57. The SMILES string of the molecule is CCCC(C)CC(NCC)C1CSc2ccccc21. The number of hydrogen-bond acceptors (Lipinski definition) is 2. The topological polar surface area (TPSA) is 12.0 Å². The van der Waals surface area contributed by atoms with Gasteiger partial charge in [-0.1, -0.05) is 51.8 Å². The Bertz CT molecular complexity index is 391. The molecule has 0 aromatic heterocycles. The molecule has 1 aliphatic heterocycles. The Labute approximate surface area is 122 Å². The van der Waals surface area contributed by atoms with E-state index in [4.69, 9.17) is 0 Å². The van der Waals surface area contributed by atoms with Crippen LogP contribution in [0.1, 0.15) is 51.5 Å². The molecule has 19 heavy (non-hydrogen) atoms. The molecule has 1 nitrogen and oxygen atoms in total. The summed E-state index contributed by atoms with van der Waals surface area (Å²) < 4.78 is 0. The molecule has 0 aliphatic carbocycles. The van der Waals surface area contributed by atoms with Crippen LogP contribution in [0.3, 0.4) is 0 Å². The van der Waals surface area contributed by atoms with Crippen molar-refractivity contribution in [1.82, 2.24) is 5.32 Å². The molecule has 0 amide bonds. The van der Waals surface area contributed by atoms with Crippen LogP contribution in [0.25, 0.3) is 0 Å². The molecule has 0 saturated carbocycles. The van der Waals surface area contributed by atoms with Gasteiger partial charge in [-0.15, -0.1) is 11.8 Å². The first-order chi connectivity index (χ1) is 9.26. The van der Waals surface area contributed by atoms with Crippen molar-refractivity contribution in [2.24, 2.45) is 5.92 Å². The zero-order valence-electron chi connectivity index (χ0n) is 12.5. The minimum absolute atomic E-state index is 0.641. The van der Waals surface area contributed by atoms with Crippen molar-refractivity contribution in [2.45, 2.75) is 56.9 Å². The highest BCUT2D eigenvalue weighted by atomic mass is 32.2. The van der Waals surface area contributed by atoms with E-state index in [1.54, 1.807) is 5.56 Å². The monoisotopic (exact) mass is 277 g/mol. The Kier molecular flexibility index (Phi) is 5.77. The van der Waals surface area contributed by atoms with E-state index >= 15 is 0 Å². The highest BCUT2D eigenvalue weighted by Crippen LogP contribution is 2.42. The van der Waals surface area contributed by atoms with E-state index in [-0.39, 0.29) is 0 Å². The zero-order chi connectivity index (χ0) is 13.7. The van der Waals surface area contributed by atoms with E-state index in [1.807, 2.05) is 11.8 Å². The summed E-state index contributed by atoms with van der Waals surface area (Å²) >= 11 is 2.03. The van der Waals surface area contributed by atoms with Crippen LogP contribution >= 0.6 is 11.8 Å². The van der Waals surface area contributed by atoms with Gasteiger partial charge in [-0.05, 0) is 30.5 Å². The maximum atomic E-state index is 3.74. The van der Waals surface area contributed by atoms with Crippen molar-refractivity contribution in [3.63, 3.8) is 0 Å². The molecule has 1 aromatic rings. The summed E-state index contributed by atoms with van der Waals surface area (Å²) in [4.78, 5) is 1.50. The van der Waals surface area contributed by atoms with E-state index in [2.05, 4.69) is 50.4 Å². The second-order valence-electron chi connectivity index (χ2n) is 5.75. The number of likely N-dealkylation sites (N-methyl/N-ethyl adjacent to an activating group) is 1. The predicted molar refractivity (Wildman–Crippen MR) is 86.1 cm³/mol. The van der Waals surface area contributed by atoms with Gasteiger partial charge in [0.1, 0.15) is 0 Å². The van der Waals surface area contributed by atoms with Crippen LogP contribution in [0.15, 0.2) is 29.2 Å². The maximum Gasteiger partial charge on any atom is 0.0147 e. The lowest BCUT2D eigenvalue weighted by Gasteiger charge is -2.27. The number of nitrogens with one attached hydrogen (secondary N) is 1. The van der Waals surface area contributed by atoms with Crippen LogP contribution < -0.4 is 5.32 Å². The molecular weight excluding hydrogens is 250 g/mol. The Morgan fingerprint density at radius 2 is 2.11 bits per heavy atom. The van der Waals surface area contributed by atoms with E-state index in [0.717, 1.165) is 12.5 Å². The Balaban J connectivity index is 2.07. The van der Waals surface area contributed by atoms with Gasteiger partial charge < -0.3 is 5.32 Å². The second kappa shape index (κ2) is 7.35. The molecule has 1 N–H and O–H groups in total. The summed E-state index contributed by atoms with van der Waals surface area (Å²) in [6, 6.07) is 9.60. The quantitative estimate of drug-likeness (QED) is 0.776. The number of hydrogen-bond donors (Lipinski definition) is 1. The van der Waals surface area contributed by atoms with Crippen LogP contribution in [0.4, 0.5) is 0 Å². The first kappa shape index (κ1) is 14.9. The molecule has 106 valence electrons. The Hall–Kier alpha value is -0.470. The van der Waals surface area contributed by atoms with Crippen molar-refractivity contribution in [2.75, 3.05) is 12.3 Å². The van der Waals surface area contributed by atoms with Gasteiger partial charge in [-0.25, -0.2) is 0 Å². The van der Waals surface area contributed by atoms with Crippen LogP contribution in [0.2, 0.25) is 0 Å². The number of fused-ring (bicyclic) bond motifs is 1. The van der Waals surface area contributed by atoms with Crippen LogP contribution in [0, 0.1) is 5.92 Å². The molecule has 1 heterocycles. The van der Waals surface area contributed by atoms with Gasteiger partial charge in [0, 0.05) is 22.6 Å². The fourth-order valence-corrected chi connectivity index (χ4v) is 4.55. The standard InChI is InChI=1S/C17H27NS/c1-4-8-13(3)11-16(18-5-2)15-12-19-17-10-7-6-9-14(15)17/h6-7,9-10,13,15-16,18H,4-5,8,11-12H2,1-3H3. The minimum Gasteiger partial charge on any atom is -0.314 e. The lowest BCUT2D eigenvalue weighted by Crippen LogP contribution is -2.36. The third-order valence-corrected chi connectivity index (χ3v) is 5.34. The molecule has 2 heteroatoms. The summed E-state index contributed by atoms with van der Waals surface area (Å²) in [5.74, 6) is 2.77. The largest absolute Gasteiger partial charge is 0.314 e. The third-order valence-electron chi connectivity index (χ3n) is 4.13. The summed E-state index contributed by atoms with van der Waals surface area (Å²) in [5, 5.41) is 3.74. The van der Waals surface area contributed by atoms with Crippen molar-refractivity contribution < 1.29 is 0 Å². The van der Waals surface area contributed by atoms with Crippen LogP contribution in [-0.4, -0.2) is 18.3 Å². The normalized spacial score (nSPS) is 21.1. The molecule has 3 atom stereocenters. The second-order valence-corrected chi connectivity index (χ2v) is 6.81. The lowest BCUT2D eigenvalue weighted by molar-refractivity contribution is 0.357. The molecule has 0 radical (unpaired) electrons. The molecule has 3 unspecified atom stereocenters. The predicted octanol–water partition coefficient (Wildman–Crippen LogP) is 4.68. The number of benzene rings is 1. The van der Waals surface area contributed by atoms with Crippen molar-refractivity contribution >= 4 is 11.8 Å². The van der Waals surface area contributed by atoms with E-state index in [0.29, 0.717) is 12.0 Å². The highest BCUT2D eigenvalue weighted by molar-refractivity contribution is 7.99. The molecule has 0 spiro atoms. The summed E-state index contributed by atoms with van der Waals surface area (Å²) in [7, 11) is 0. The van der Waals surface area contributed by atoms with E-state index in [9.17, 15) is 0 Å². The third kappa shape index (κ3) is 3.76. The van der Waals surface area contributed by atoms with Gasteiger partial charge in [-0.2, -0.15) is 0 Å². The molecule has 0 bridgehead atoms. The van der Waals surface area contributed by atoms with Crippen LogP contribution in [-0.2, 0) is 0 Å². The summed E-state index contributed by atoms with van der Waals surface area (Å²) in [6.45, 7) is 8.00. The van der Waals surface area contributed by atoms with Gasteiger partial charge in [0.25, 0.3) is 0 Å². The van der Waals surface area contributed by atoms with Gasteiger partial charge in [0.15, 0.2) is 0 Å². The van der Waals surface area contributed by atoms with Crippen molar-refractivity contribution in [3.05, 3.63) is 29.8 Å². The van der Waals surface area contributed by atoms with Crippen molar-refractivity contribution in [1.29, 1.82) is 0 Å². The highest BCUT2D eigenvalue weighted by Gasteiger charge is 2.30. The average Bonchev–Trinajstić information content (AvgIpc) is 2.82. The zero-order valence-corrected chi connectivity index (χ0v) is 13.3. The van der Waals surface area contributed by atoms with E-state index < -0.39 is 0 Å². The van der Waals surface area contributed by atoms with Gasteiger partial charge >= 0.3 is 0 Å². The Morgan fingerprint density at radius 1 is 1.32 bits per heavy atom. The average molecular weight is 277 g/mol. The lowest BCUT2D eigenvalue weighted by atomic mass is 9.86. The van der Waals surface area contributed by atoms with Gasteiger partial charge in [0.05, 0.1) is 0 Å². The minimum atomic E-state index is 0.641. The molecular formula is C17H27NS. The fourth-order valence-electron chi connectivity index (χ4n) is 3.22. The van der Waals surface area contributed by atoms with Crippen LogP contribution in [0.5, 0.6) is 0 Å². The first-order valence-corrected chi connectivity index (χ1v) is 8.69. The Morgan fingerprint density at radius 3 is 2.84 bits per heavy atom. The first-order valence-electron chi connectivity index (χ1n) is 7.71. The molecule has 2 rings (SSSR count). The van der Waals surface area contributed by atoms with Gasteiger partial charge in [0.2, 0.25) is 0 Å². The number of thioether (sulfide) groups is 1. The van der Waals surface area contributed by atoms with Crippen molar-refractivity contribution in [3.8, 4) is 0 Å². The molecule has 0 saturated heterocycles. The smallest absolute Gasteiger partial charge is 0.0147 e. The van der Waals surface area contributed by atoms with E-state index in [1.165, 1.54) is 29.9 Å². The fraction of sp³-hybridized carbons (Fsp3) is 0.647. The van der Waals surface area contributed by atoms with Gasteiger partial charge in [-0.3, -0.25) is 0 Å². The summed E-state index contributed by atoms with van der Waals surface area (Å²) in [6.07, 6.45) is 3.96. The molecule has 1 aromatic carbocycles. The molecule has 1 aliphatic rings. The number of rotatable bonds is 7.